The third-order valence-corrected chi connectivity index (χ3v) is 3.26. The van der Waals surface area contributed by atoms with E-state index < -0.39 is 5.82 Å². The maximum absolute atomic E-state index is 13.2. The second kappa shape index (κ2) is 4.74. The molecule has 1 aromatic rings. The van der Waals surface area contributed by atoms with Gasteiger partial charge in [0.15, 0.2) is 0 Å². The van der Waals surface area contributed by atoms with E-state index in [1.807, 2.05) is 13.8 Å². The van der Waals surface area contributed by atoms with E-state index in [9.17, 15) is 14.0 Å². The number of amides is 2. The van der Waals surface area contributed by atoms with Gasteiger partial charge in [-0.3, -0.25) is 14.5 Å². The van der Waals surface area contributed by atoms with Gasteiger partial charge < -0.3 is 5.73 Å². The summed E-state index contributed by atoms with van der Waals surface area (Å²) >= 11 is 0. The smallest absolute Gasteiger partial charge is 0.234 e. The van der Waals surface area contributed by atoms with E-state index in [0.717, 1.165) is 4.90 Å². The lowest BCUT2D eigenvalue weighted by Crippen LogP contribution is -2.46. The van der Waals surface area contributed by atoms with Crippen LogP contribution in [0.25, 0.3) is 0 Å². The number of rotatable bonds is 2. The first-order valence-electron chi connectivity index (χ1n) is 6.18. The summed E-state index contributed by atoms with van der Waals surface area (Å²) in [4.78, 5) is 25.4. The number of nitrogens with two attached hydrogens (primary N) is 1. The fourth-order valence-corrected chi connectivity index (χ4v) is 2.38. The highest BCUT2D eigenvalue weighted by Gasteiger charge is 2.38. The van der Waals surface area contributed by atoms with Crippen molar-refractivity contribution in [2.75, 3.05) is 4.90 Å². The topological polar surface area (TPSA) is 63.4 Å². The molecule has 102 valence electrons. The summed E-state index contributed by atoms with van der Waals surface area (Å²) in [6.07, 6.45) is 0.584. The summed E-state index contributed by atoms with van der Waals surface area (Å²) in [5.74, 6) is -0.952. The van der Waals surface area contributed by atoms with Crippen LogP contribution in [0.4, 0.5) is 10.1 Å². The van der Waals surface area contributed by atoms with Gasteiger partial charge in [0, 0.05) is 19.4 Å². The molecule has 0 spiro atoms. The molecular formula is C14H17FN2O2. The molecule has 0 unspecified atom stereocenters. The second-order valence-electron chi connectivity index (χ2n) is 5.62. The van der Waals surface area contributed by atoms with Crippen molar-refractivity contribution in [3.05, 3.63) is 29.6 Å². The highest BCUT2D eigenvalue weighted by atomic mass is 19.1. The van der Waals surface area contributed by atoms with Crippen LogP contribution >= 0.6 is 0 Å². The van der Waals surface area contributed by atoms with Crippen LogP contribution in [0.1, 0.15) is 32.3 Å². The van der Waals surface area contributed by atoms with Crippen LogP contribution in [-0.4, -0.2) is 11.8 Å². The molecule has 1 saturated heterocycles. The lowest BCUT2D eigenvalue weighted by atomic mass is 9.81. The number of carbonyl (C=O) groups is 2. The Kier molecular flexibility index (Phi) is 3.41. The monoisotopic (exact) mass is 264 g/mol. The molecule has 0 radical (unpaired) electrons. The van der Waals surface area contributed by atoms with Crippen LogP contribution < -0.4 is 10.6 Å². The van der Waals surface area contributed by atoms with Crippen LogP contribution in [0, 0.1) is 11.2 Å². The maximum Gasteiger partial charge on any atom is 0.234 e. The predicted molar refractivity (Wildman–Crippen MR) is 69.8 cm³/mol. The van der Waals surface area contributed by atoms with E-state index in [1.165, 1.54) is 18.2 Å². The minimum atomic E-state index is -0.429. The predicted octanol–water partition coefficient (Wildman–Crippen LogP) is 1.96. The van der Waals surface area contributed by atoms with Gasteiger partial charge in [0.1, 0.15) is 5.82 Å². The van der Waals surface area contributed by atoms with Crippen molar-refractivity contribution in [3.8, 4) is 0 Å². The number of hydrogen-bond donors (Lipinski definition) is 1. The number of hydrogen-bond acceptors (Lipinski definition) is 3. The van der Waals surface area contributed by atoms with Crippen LogP contribution in [0.2, 0.25) is 0 Å². The van der Waals surface area contributed by atoms with Gasteiger partial charge in [-0.1, -0.05) is 13.8 Å². The molecule has 1 fully saturated rings. The molecule has 1 aliphatic rings. The van der Waals surface area contributed by atoms with Gasteiger partial charge in [-0.05, 0) is 29.2 Å². The van der Waals surface area contributed by atoms with Crippen molar-refractivity contribution in [1.82, 2.24) is 0 Å². The summed E-state index contributed by atoms with van der Waals surface area (Å²) in [5.41, 5.74) is 6.09. The number of imide groups is 1. The normalized spacial score (nSPS) is 18.8. The van der Waals surface area contributed by atoms with Gasteiger partial charge in [-0.15, -0.1) is 0 Å². The van der Waals surface area contributed by atoms with E-state index in [1.54, 1.807) is 0 Å². The Bertz CT molecular complexity index is 520. The number of nitrogens with zero attached hydrogens (tertiary/aromatic N) is 1. The van der Waals surface area contributed by atoms with E-state index in [2.05, 4.69) is 0 Å². The lowest BCUT2D eigenvalue weighted by Gasteiger charge is -2.35. The molecule has 0 bridgehead atoms. The highest BCUT2D eigenvalue weighted by molar-refractivity contribution is 6.17. The van der Waals surface area contributed by atoms with Gasteiger partial charge in [-0.25, -0.2) is 4.39 Å². The number of piperidine rings is 1. The Morgan fingerprint density at radius 1 is 1.26 bits per heavy atom. The molecule has 5 heteroatoms. The molecule has 19 heavy (non-hydrogen) atoms. The van der Waals surface area contributed by atoms with Crippen molar-refractivity contribution >= 4 is 17.5 Å². The summed E-state index contributed by atoms with van der Waals surface area (Å²) in [5, 5.41) is 0. The van der Waals surface area contributed by atoms with Crippen LogP contribution in [0.3, 0.4) is 0 Å². The first kappa shape index (κ1) is 13.7. The van der Waals surface area contributed by atoms with Crippen molar-refractivity contribution < 1.29 is 14.0 Å². The lowest BCUT2D eigenvalue weighted by molar-refractivity contribution is -0.132. The van der Waals surface area contributed by atoms with Crippen molar-refractivity contribution in [3.63, 3.8) is 0 Å². The summed E-state index contributed by atoms with van der Waals surface area (Å²) < 4.78 is 13.2. The van der Waals surface area contributed by atoms with Gasteiger partial charge in [0.05, 0.1) is 5.69 Å². The third kappa shape index (κ3) is 2.66. The van der Waals surface area contributed by atoms with Crippen LogP contribution in [0.15, 0.2) is 18.2 Å². The van der Waals surface area contributed by atoms with Gasteiger partial charge in [0.25, 0.3) is 0 Å². The number of halogens is 1. The molecule has 0 aliphatic carbocycles. The van der Waals surface area contributed by atoms with Crippen LogP contribution in [0.5, 0.6) is 0 Å². The number of carbonyl (C=O) groups excluding carboxylic acids is 2. The zero-order valence-corrected chi connectivity index (χ0v) is 11.1. The molecule has 4 nitrogen and oxygen atoms in total. The van der Waals surface area contributed by atoms with E-state index in [-0.39, 0.29) is 23.8 Å². The Hall–Kier alpha value is -1.75. The molecule has 1 aromatic carbocycles. The Morgan fingerprint density at radius 3 is 2.37 bits per heavy atom. The molecule has 2 N–H and O–H groups in total. The molecule has 1 heterocycles. The number of benzene rings is 1. The van der Waals surface area contributed by atoms with Gasteiger partial charge in [-0.2, -0.15) is 0 Å². The standard InChI is InChI=1S/C14H17FN2O2/c1-14(2)6-12(18)17(13(19)7-14)11-4-3-10(15)5-9(11)8-16/h3-5H,6-8,16H2,1-2H3. The largest absolute Gasteiger partial charge is 0.326 e. The zero-order chi connectivity index (χ0) is 14.2. The first-order chi connectivity index (χ1) is 8.84. The van der Waals surface area contributed by atoms with Crippen molar-refractivity contribution in [2.45, 2.75) is 33.2 Å². The van der Waals surface area contributed by atoms with Gasteiger partial charge >= 0.3 is 0 Å². The minimum absolute atomic E-state index is 0.0769. The molecule has 1 aliphatic heterocycles. The minimum Gasteiger partial charge on any atom is -0.326 e. The molecule has 0 saturated carbocycles. The summed E-state index contributed by atoms with van der Waals surface area (Å²) in [6, 6.07) is 3.93. The maximum atomic E-state index is 13.2. The fourth-order valence-electron chi connectivity index (χ4n) is 2.38. The third-order valence-electron chi connectivity index (χ3n) is 3.26. The number of anilines is 1. The molecular weight excluding hydrogens is 247 g/mol. The molecule has 0 aromatic heterocycles. The first-order valence-corrected chi connectivity index (χ1v) is 6.18. The van der Waals surface area contributed by atoms with Gasteiger partial charge in [0.2, 0.25) is 11.8 Å². The van der Waals surface area contributed by atoms with Crippen molar-refractivity contribution in [1.29, 1.82) is 0 Å². The fraction of sp³-hybridized carbons (Fsp3) is 0.429. The highest BCUT2D eigenvalue weighted by Crippen LogP contribution is 2.35. The Balaban J connectivity index is 2.42. The van der Waals surface area contributed by atoms with Crippen LogP contribution in [-0.2, 0) is 16.1 Å². The summed E-state index contributed by atoms with van der Waals surface area (Å²) in [7, 11) is 0. The second-order valence-corrected chi connectivity index (χ2v) is 5.62. The zero-order valence-electron chi connectivity index (χ0n) is 11.1. The quantitative estimate of drug-likeness (QED) is 0.830. The Morgan fingerprint density at radius 2 is 1.84 bits per heavy atom. The SMILES string of the molecule is CC1(C)CC(=O)N(c2ccc(F)cc2CN)C(=O)C1. The molecule has 0 atom stereocenters. The van der Waals surface area contributed by atoms with Crippen molar-refractivity contribution in [2.24, 2.45) is 11.1 Å². The van der Waals surface area contributed by atoms with E-state index in [0.29, 0.717) is 24.1 Å². The molecule has 2 rings (SSSR count). The van der Waals surface area contributed by atoms with E-state index in [4.69, 9.17) is 5.73 Å². The summed E-state index contributed by atoms with van der Waals surface area (Å²) in [6.45, 7) is 3.84. The average Bonchev–Trinajstić information content (AvgIpc) is 2.28. The Labute approximate surface area is 111 Å². The molecule has 2 amide bonds. The van der Waals surface area contributed by atoms with E-state index >= 15 is 0 Å². The average molecular weight is 264 g/mol.